The maximum atomic E-state index is 10.9. The molecule has 0 bridgehead atoms. The lowest BCUT2D eigenvalue weighted by Crippen LogP contribution is -2.51. The molecule has 12 heavy (non-hydrogen) atoms. The molecule has 0 aliphatic heterocycles. The normalized spacial score (nSPS) is 20.0. The van der Waals surface area contributed by atoms with Crippen molar-refractivity contribution in [3.63, 3.8) is 0 Å². The minimum absolute atomic E-state index is 0.205. The first kappa shape index (κ1) is 9.08. The predicted octanol–water partition coefficient (Wildman–Crippen LogP) is 0.00730. The molecule has 0 saturated heterocycles. The molecule has 1 rings (SSSR count). The first-order chi connectivity index (χ1) is 5.72. The van der Waals surface area contributed by atoms with E-state index in [0.717, 1.165) is 25.7 Å². The quantitative estimate of drug-likeness (QED) is 0.568. The van der Waals surface area contributed by atoms with Crippen LogP contribution in [0.25, 0.3) is 0 Å². The Kier molecular flexibility index (Phi) is 2.72. The molecule has 0 aromatic rings. The Hall–Kier alpha value is -1.01. The fourth-order valence-electron chi connectivity index (χ4n) is 1.71. The molecule has 0 heterocycles. The molecule has 0 unspecified atom stereocenters. The van der Waals surface area contributed by atoms with Gasteiger partial charge in [0.25, 0.3) is 5.91 Å². The summed E-state index contributed by atoms with van der Waals surface area (Å²) in [5.41, 5.74) is 5.38. The van der Waals surface area contributed by atoms with E-state index in [2.05, 4.69) is 5.32 Å². The van der Waals surface area contributed by atoms with Crippen LogP contribution in [0.5, 0.6) is 0 Å². The minimum Gasteiger partial charge on any atom is -0.339 e. The number of hydrogen-bond acceptors (Lipinski definition) is 2. The van der Waals surface area contributed by atoms with Crippen LogP contribution in [-0.4, -0.2) is 18.0 Å². The molecule has 1 fully saturated rings. The number of nitrogens with one attached hydrogen (secondary N) is 1. The van der Waals surface area contributed by atoms with E-state index in [1.54, 1.807) is 0 Å². The highest BCUT2D eigenvalue weighted by Crippen LogP contribution is 2.28. The lowest BCUT2D eigenvalue weighted by atomic mass is 9.98. The molecule has 1 aliphatic carbocycles. The van der Waals surface area contributed by atoms with E-state index in [1.165, 1.54) is 0 Å². The van der Waals surface area contributed by atoms with Crippen LogP contribution in [0.2, 0.25) is 0 Å². The largest absolute Gasteiger partial charge is 0.339 e. The van der Waals surface area contributed by atoms with Gasteiger partial charge in [0.1, 0.15) is 0 Å². The maximum absolute atomic E-state index is 10.9. The summed E-state index contributed by atoms with van der Waals surface area (Å²) in [6.07, 6.45) is 9.13. The highest BCUT2D eigenvalue weighted by atomic mass is 16.1. The molecule has 0 aromatic heterocycles. The molecule has 3 heteroatoms. The summed E-state index contributed by atoms with van der Waals surface area (Å²) in [5.74, 6) is 1.70. The Morgan fingerprint density at radius 3 is 2.58 bits per heavy atom. The molecule has 1 aliphatic rings. The lowest BCUT2D eigenvalue weighted by Gasteiger charge is -2.27. The van der Waals surface area contributed by atoms with E-state index in [0.29, 0.717) is 6.54 Å². The first-order valence-corrected chi connectivity index (χ1v) is 4.21. The third kappa shape index (κ3) is 1.77. The summed E-state index contributed by atoms with van der Waals surface area (Å²) in [4.78, 5) is 10.9. The second-order valence-corrected chi connectivity index (χ2v) is 3.29. The number of carbonyl (C=O) groups excluding carboxylic acids is 1. The molecular weight excluding hydrogens is 152 g/mol. The molecule has 0 spiro atoms. The second kappa shape index (κ2) is 3.59. The zero-order valence-electron chi connectivity index (χ0n) is 7.10. The second-order valence-electron chi connectivity index (χ2n) is 3.29. The van der Waals surface area contributed by atoms with Crippen LogP contribution in [0.3, 0.4) is 0 Å². The van der Waals surface area contributed by atoms with Gasteiger partial charge in [-0.1, -0.05) is 12.8 Å². The molecular formula is C9H14N2O. The smallest absolute Gasteiger partial charge is 0.296 e. The van der Waals surface area contributed by atoms with E-state index in [4.69, 9.17) is 12.2 Å². The molecule has 0 radical (unpaired) electrons. The van der Waals surface area contributed by atoms with Crippen molar-refractivity contribution in [2.75, 3.05) is 6.54 Å². The Bertz CT molecular complexity index is 211. The molecule has 0 aromatic carbocycles. The third-order valence-electron chi connectivity index (χ3n) is 2.46. The van der Waals surface area contributed by atoms with Crippen LogP contribution in [0.1, 0.15) is 25.7 Å². The number of rotatable bonds is 2. The van der Waals surface area contributed by atoms with Gasteiger partial charge in [0.2, 0.25) is 0 Å². The average molecular weight is 166 g/mol. The Labute approximate surface area is 72.7 Å². The molecule has 0 atom stereocenters. The van der Waals surface area contributed by atoms with Gasteiger partial charge in [-0.25, -0.2) is 0 Å². The van der Waals surface area contributed by atoms with Crippen molar-refractivity contribution in [2.45, 2.75) is 31.2 Å². The van der Waals surface area contributed by atoms with E-state index in [1.807, 2.05) is 5.92 Å². The SMILES string of the molecule is C#CC(=O)NC1(CN)CCCC1. The van der Waals surface area contributed by atoms with Crippen LogP contribution in [0.4, 0.5) is 0 Å². The monoisotopic (exact) mass is 166 g/mol. The van der Waals surface area contributed by atoms with E-state index in [9.17, 15) is 4.79 Å². The zero-order valence-corrected chi connectivity index (χ0v) is 7.10. The topological polar surface area (TPSA) is 55.1 Å². The van der Waals surface area contributed by atoms with Crippen molar-refractivity contribution in [3.05, 3.63) is 0 Å². The fourth-order valence-corrected chi connectivity index (χ4v) is 1.71. The van der Waals surface area contributed by atoms with E-state index >= 15 is 0 Å². The van der Waals surface area contributed by atoms with Crippen LogP contribution in [-0.2, 0) is 4.79 Å². The van der Waals surface area contributed by atoms with Crippen LogP contribution < -0.4 is 11.1 Å². The van der Waals surface area contributed by atoms with Gasteiger partial charge in [0.15, 0.2) is 0 Å². The van der Waals surface area contributed by atoms with Gasteiger partial charge in [-0.05, 0) is 18.8 Å². The van der Waals surface area contributed by atoms with Crippen molar-refractivity contribution in [3.8, 4) is 12.3 Å². The van der Waals surface area contributed by atoms with E-state index < -0.39 is 0 Å². The number of terminal acetylenes is 1. The Morgan fingerprint density at radius 2 is 2.17 bits per heavy atom. The van der Waals surface area contributed by atoms with Gasteiger partial charge in [-0.15, -0.1) is 6.42 Å². The summed E-state index contributed by atoms with van der Waals surface area (Å²) in [6.45, 7) is 0.487. The molecule has 1 amide bonds. The Balaban J connectivity index is 2.56. The van der Waals surface area contributed by atoms with Gasteiger partial charge in [-0.2, -0.15) is 0 Å². The van der Waals surface area contributed by atoms with Crippen molar-refractivity contribution < 1.29 is 4.79 Å². The van der Waals surface area contributed by atoms with Crippen molar-refractivity contribution >= 4 is 5.91 Å². The van der Waals surface area contributed by atoms with Crippen molar-refractivity contribution in [1.29, 1.82) is 0 Å². The fraction of sp³-hybridized carbons (Fsp3) is 0.667. The summed E-state index contributed by atoms with van der Waals surface area (Å²) < 4.78 is 0. The summed E-state index contributed by atoms with van der Waals surface area (Å²) in [7, 11) is 0. The minimum atomic E-state index is -0.345. The highest BCUT2D eigenvalue weighted by Gasteiger charge is 2.33. The molecule has 66 valence electrons. The number of hydrogen-bond donors (Lipinski definition) is 2. The van der Waals surface area contributed by atoms with Crippen molar-refractivity contribution in [2.24, 2.45) is 5.73 Å². The van der Waals surface area contributed by atoms with Gasteiger partial charge in [0.05, 0.1) is 5.54 Å². The number of nitrogens with two attached hydrogens (primary N) is 1. The van der Waals surface area contributed by atoms with Crippen LogP contribution in [0.15, 0.2) is 0 Å². The van der Waals surface area contributed by atoms with Crippen molar-refractivity contribution in [1.82, 2.24) is 5.32 Å². The van der Waals surface area contributed by atoms with Crippen LogP contribution >= 0.6 is 0 Å². The Morgan fingerprint density at radius 1 is 1.58 bits per heavy atom. The summed E-state index contributed by atoms with van der Waals surface area (Å²) >= 11 is 0. The molecule has 1 saturated carbocycles. The number of carbonyl (C=O) groups is 1. The zero-order chi connectivity index (χ0) is 9.03. The maximum Gasteiger partial charge on any atom is 0.296 e. The average Bonchev–Trinajstić information content (AvgIpc) is 2.54. The molecule has 3 N–H and O–H groups in total. The van der Waals surface area contributed by atoms with Gasteiger partial charge < -0.3 is 11.1 Å². The first-order valence-electron chi connectivity index (χ1n) is 4.21. The highest BCUT2D eigenvalue weighted by molar-refractivity contribution is 5.93. The standard InChI is InChI=1S/C9H14N2O/c1-2-8(12)11-9(7-10)5-3-4-6-9/h1H,3-7,10H2,(H,11,12). The lowest BCUT2D eigenvalue weighted by molar-refractivity contribution is -0.117. The van der Waals surface area contributed by atoms with Gasteiger partial charge in [0, 0.05) is 6.54 Å². The van der Waals surface area contributed by atoms with Gasteiger partial charge in [-0.3, -0.25) is 4.79 Å². The summed E-state index contributed by atoms with van der Waals surface area (Å²) in [6, 6.07) is 0. The number of amides is 1. The molecule has 3 nitrogen and oxygen atoms in total. The third-order valence-corrected chi connectivity index (χ3v) is 2.46. The van der Waals surface area contributed by atoms with Gasteiger partial charge >= 0.3 is 0 Å². The predicted molar refractivity (Wildman–Crippen MR) is 47.2 cm³/mol. The van der Waals surface area contributed by atoms with E-state index in [-0.39, 0.29) is 11.4 Å². The van der Waals surface area contributed by atoms with Crippen LogP contribution in [0, 0.1) is 12.3 Å². The summed E-state index contributed by atoms with van der Waals surface area (Å²) in [5, 5.41) is 2.79.